The zero-order valence-electron chi connectivity index (χ0n) is 17.1. The molecule has 1 heterocycles. The van der Waals surface area contributed by atoms with E-state index >= 15 is 0 Å². The maximum atomic E-state index is 13.0. The van der Waals surface area contributed by atoms with Crippen LogP contribution in [0.5, 0.6) is 0 Å². The SMILES string of the molecule is O=C(NCCc1ccc(F)cc1)c1ccc(Cl)c(S(=O)(=O)NC(=O)c2ccc(CO)nc2)c1. The molecule has 2 aromatic carbocycles. The number of nitrogens with zero attached hydrogens (tertiary/aromatic N) is 1. The van der Waals surface area contributed by atoms with Crippen molar-refractivity contribution in [3.8, 4) is 0 Å². The molecule has 0 aliphatic heterocycles. The van der Waals surface area contributed by atoms with Crippen LogP contribution in [0.3, 0.4) is 0 Å². The highest BCUT2D eigenvalue weighted by molar-refractivity contribution is 7.90. The van der Waals surface area contributed by atoms with Crippen LogP contribution < -0.4 is 10.0 Å². The molecule has 0 unspecified atom stereocenters. The van der Waals surface area contributed by atoms with Crippen molar-refractivity contribution < 1.29 is 27.5 Å². The van der Waals surface area contributed by atoms with E-state index in [1.807, 2.05) is 4.72 Å². The summed E-state index contributed by atoms with van der Waals surface area (Å²) in [6.07, 6.45) is 1.58. The number of aliphatic hydroxyl groups is 1. The highest BCUT2D eigenvalue weighted by Crippen LogP contribution is 2.23. The first-order valence-corrected chi connectivity index (χ1v) is 11.5. The summed E-state index contributed by atoms with van der Waals surface area (Å²) in [5.74, 6) is -1.85. The third kappa shape index (κ3) is 6.35. The summed E-state index contributed by atoms with van der Waals surface area (Å²) >= 11 is 6.02. The quantitative estimate of drug-likeness (QED) is 0.444. The molecule has 0 spiro atoms. The van der Waals surface area contributed by atoms with Crippen LogP contribution in [0.15, 0.2) is 65.7 Å². The summed E-state index contributed by atoms with van der Waals surface area (Å²) in [7, 11) is -4.40. The van der Waals surface area contributed by atoms with Crippen molar-refractivity contribution in [3.63, 3.8) is 0 Å². The highest BCUT2D eigenvalue weighted by Gasteiger charge is 2.23. The van der Waals surface area contributed by atoms with Gasteiger partial charge in [0.15, 0.2) is 0 Å². The average Bonchev–Trinajstić information content (AvgIpc) is 2.80. The van der Waals surface area contributed by atoms with Gasteiger partial charge in [-0.05, 0) is 54.4 Å². The molecule has 2 amide bonds. The molecule has 8 nitrogen and oxygen atoms in total. The Kier molecular flexibility index (Phi) is 7.75. The van der Waals surface area contributed by atoms with Crippen LogP contribution in [0.2, 0.25) is 5.02 Å². The zero-order chi connectivity index (χ0) is 24.0. The standard InChI is InChI=1S/C22H19ClFN3O5S/c23-19-8-4-15(21(29)25-10-9-14-1-5-17(24)6-2-14)11-20(19)33(31,32)27-22(30)16-3-7-18(13-28)26-12-16/h1-8,11-12,28H,9-10,13H2,(H,25,29)(H,27,30). The predicted octanol–water partition coefficient (Wildman–Crippen LogP) is 2.46. The highest BCUT2D eigenvalue weighted by atomic mass is 35.5. The average molecular weight is 492 g/mol. The van der Waals surface area contributed by atoms with Gasteiger partial charge in [0.05, 0.1) is 22.9 Å². The summed E-state index contributed by atoms with van der Waals surface area (Å²) in [4.78, 5) is 28.2. The van der Waals surface area contributed by atoms with Crippen molar-refractivity contribution in [2.75, 3.05) is 6.54 Å². The van der Waals surface area contributed by atoms with Gasteiger partial charge in [0.25, 0.3) is 21.8 Å². The van der Waals surface area contributed by atoms with Gasteiger partial charge in [0.1, 0.15) is 10.7 Å². The van der Waals surface area contributed by atoms with E-state index < -0.39 is 26.7 Å². The Labute approximate surface area is 194 Å². The van der Waals surface area contributed by atoms with Crippen molar-refractivity contribution in [3.05, 3.63) is 94.0 Å². The van der Waals surface area contributed by atoms with Crippen LogP contribution in [0.1, 0.15) is 32.0 Å². The summed E-state index contributed by atoms with van der Waals surface area (Å²) in [5, 5.41) is 11.5. The Morgan fingerprint density at radius 3 is 2.33 bits per heavy atom. The van der Waals surface area contributed by atoms with Crippen LogP contribution in [0, 0.1) is 5.82 Å². The first kappa shape index (κ1) is 24.3. The molecular weight excluding hydrogens is 473 g/mol. The number of carbonyl (C=O) groups excluding carboxylic acids is 2. The Balaban J connectivity index is 1.70. The molecule has 0 aliphatic carbocycles. The first-order chi connectivity index (χ1) is 15.7. The number of pyridine rings is 1. The van der Waals surface area contributed by atoms with E-state index in [0.29, 0.717) is 12.1 Å². The number of hydrogen-bond acceptors (Lipinski definition) is 6. The monoisotopic (exact) mass is 491 g/mol. The van der Waals surface area contributed by atoms with E-state index in [-0.39, 0.29) is 35.1 Å². The number of amides is 2. The number of benzene rings is 2. The Morgan fingerprint density at radius 2 is 1.70 bits per heavy atom. The lowest BCUT2D eigenvalue weighted by Crippen LogP contribution is -2.31. The normalized spacial score (nSPS) is 11.1. The molecule has 0 radical (unpaired) electrons. The van der Waals surface area contributed by atoms with E-state index in [2.05, 4.69) is 10.3 Å². The number of aromatic nitrogens is 1. The topological polar surface area (TPSA) is 125 Å². The molecule has 0 saturated carbocycles. The lowest BCUT2D eigenvalue weighted by molar-refractivity contribution is 0.0952. The summed E-state index contributed by atoms with van der Waals surface area (Å²) in [6, 6.07) is 12.2. The number of nitrogens with one attached hydrogen (secondary N) is 2. The second-order valence-corrected chi connectivity index (χ2v) is 8.97. The van der Waals surface area contributed by atoms with Crippen molar-refractivity contribution in [1.29, 1.82) is 0 Å². The van der Waals surface area contributed by atoms with E-state index in [4.69, 9.17) is 16.7 Å². The lowest BCUT2D eigenvalue weighted by atomic mass is 10.1. The molecule has 3 N–H and O–H groups in total. The molecule has 0 fully saturated rings. The molecule has 33 heavy (non-hydrogen) atoms. The molecular formula is C22H19ClFN3O5S. The minimum atomic E-state index is -4.40. The zero-order valence-corrected chi connectivity index (χ0v) is 18.7. The third-order valence-electron chi connectivity index (χ3n) is 4.57. The van der Waals surface area contributed by atoms with Gasteiger partial charge in [0, 0.05) is 18.3 Å². The van der Waals surface area contributed by atoms with Crippen LogP contribution >= 0.6 is 11.6 Å². The largest absolute Gasteiger partial charge is 0.390 e. The minimum Gasteiger partial charge on any atom is -0.390 e. The van der Waals surface area contributed by atoms with Crippen molar-refractivity contribution in [2.24, 2.45) is 0 Å². The molecule has 0 aliphatic rings. The first-order valence-electron chi connectivity index (χ1n) is 9.65. The van der Waals surface area contributed by atoms with Crippen molar-refractivity contribution >= 4 is 33.4 Å². The fourth-order valence-corrected chi connectivity index (χ4v) is 4.31. The second-order valence-electron chi connectivity index (χ2n) is 6.91. The van der Waals surface area contributed by atoms with Gasteiger partial charge in [-0.1, -0.05) is 23.7 Å². The van der Waals surface area contributed by atoms with Gasteiger partial charge in [0.2, 0.25) is 0 Å². The van der Waals surface area contributed by atoms with E-state index in [1.165, 1.54) is 36.4 Å². The Bertz CT molecular complexity index is 1270. The number of halogens is 2. The number of carbonyl (C=O) groups is 2. The predicted molar refractivity (Wildman–Crippen MR) is 119 cm³/mol. The fraction of sp³-hybridized carbons (Fsp3) is 0.136. The molecule has 3 aromatic rings. The molecule has 0 saturated heterocycles. The van der Waals surface area contributed by atoms with Crippen LogP contribution in [-0.4, -0.2) is 36.9 Å². The Morgan fingerprint density at radius 1 is 1.00 bits per heavy atom. The smallest absolute Gasteiger partial charge is 0.266 e. The summed E-state index contributed by atoms with van der Waals surface area (Å²) in [6.45, 7) is -0.0860. The van der Waals surface area contributed by atoms with Gasteiger partial charge in [-0.15, -0.1) is 0 Å². The lowest BCUT2D eigenvalue weighted by Gasteiger charge is -2.11. The van der Waals surface area contributed by atoms with E-state index in [1.54, 1.807) is 12.1 Å². The molecule has 0 bridgehead atoms. The van der Waals surface area contributed by atoms with Gasteiger partial charge < -0.3 is 10.4 Å². The Hall–Kier alpha value is -3.34. The maximum Gasteiger partial charge on any atom is 0.266 e. The van der Waals surface area contributed by atoms with Gasteiger partial charge in [-0.3, -0.25) is 14.6 Å². The van der Waals surface area contributed by atoms with E-state index in [9.17, 15) is 22.4 Å². The molecule has 1 aromatic heterocycles. The van der Waals surface area contributed by atoms with Crippen molar-refractivity contribution in [2.45, 2.75) is 17.9 Å². The van der Waals surface area contributed by atoms with Gasteiger partial charge >= 0.3 is 0 Å². The second kappa shape index (κ2) is 10.5. The number of rotatable bonds is 8. The van der Waals surface area contributed by atoms with Crippen LogP contribution in [-0.2, 0) is 23.1 Å². The number of hydrogen-bond donors (Lipinski definition) is 3. The molecule has 172 valence electrons. The van der Waals surface area contributed by atoms with Gasteiger partial charge in [-0.2, -0.15) is 0 Å². The summed E-state index contributed by atoms with van der Waals surface area (Å²) in [5.41, 5.74) is 1.12. The molecule has 0 atom stereocenters. The van der Waals surface area contributed by atoms with E-state index in [0.717, 1.165) is 17.8 Å². The van der Waals surface area contributed by atoms with Crippen LogP contribution in [0.25, 0.3) is 0 Å². The fourth-order valence-electron chi connectivity index (χ4n) is 2.81. The maximum absolute atomic E-state index is 13.0. The molecule has 11 heteroatoms. The summed E-state index contributed by atoms with van der Waals surface area (Å²) < 4.78 is 40.3. The van der Waals surface area contributed by atoms with Crippen LogP contribution in [0.4, 0.5) is 4.39 Å². The number of aliphatic hydroxyl groups excluding tert-OH is 1. The molecule has 3 rings (SSSR count). The number of sulfonamides is 1. The van der Waals surface area contributed by atoms with Crippen molar-refractivity contribution in [1.82, 2.24) is 15.0 Å². The minimum absolute atomic E-state index is 0.0281. The third-order valence-corrected chi connectivity index (χ3v) is 6.38. The van der Waals surface area contributed by atoms with Gasteiger partial charge in [-0.25, -0.2) is 17.5 Å².